The largest absolute Gasteiger partial charge is 0.325 e. The minimum absolute atomic E-state index is 0.0398. The van der Waals surface area contributed by atoms with Gasteiger partial charge >= 0.3 is 6.03 Å². The highest BCUT2D eigenvalue weighted by molar-refractivity contribution is 6.07. The third-order valence-electron chi connectivity index (χ3n) is 5.29. The quantitative estimate of drug-likeness (QED) is 0.780. The van der Waals surface area contributed by atoms with Gasteiger partial charge in [0.25, 0.3) is 5.91 Å². The number of imide groups is 1. The van der Waals surface area contributed by atoms with E-state index in [4.69, 9.17) is 0 Å². The highest BCUT2D eigenvalue weighted by Gasteiger charge is 2.54. The molecule has 1 heterocycles. The van der Waals surface area contributed by atoms with E-state index in [2.05, 4.69) is 12.2 Å². The topological polar surface area (TPSA) is 49.4 Å². The lowest BCUT2D eigenvalue weighted by Gasteiger charge is -2.41. The number of urea groups is 1. The zero-order valence-electron chi connectivity index (χ0n) is 11.8. The number of hydrogen-bond donors (Lipinski definition) is 1. The van der Waals surface area contributed by atoms with Crippen LogP contribution in [-0.2, 0) is 4.79 Å². The number of rotatable bonds is 2. The Kier molecular flexibility index (Phi) is 3.27. The molecule has 0 aromatic heterocycles. The van der Waals surface area contributed by atoms with Crippen molar-refractivity contribution in [3.63, 3.8) is 0 Å². The van der Waals surface area contributed by atoms with Crippen molar-refractivity contribution in [1.29, 1.82) is 0 Å². The maximum Gasteiger partial charge on any atom is 0.325 e. The first-order valence-corrected chi connectivity index (χ1v) is 7.75. The summed E-state index contributed by atoms with van der Waals surface area (Å²) in [7, 11) is 0. The smallest absolute Gasteiger partial charge is 0.309 e. The van der Waals surface area contributed by atoms with Gasteiger partial charge in [-0.1, -0.05) is 32.6 Å². The van der Waals surface area contributed by atoms with Gasteiger partial charge in [-0.2, -0.15) is 0 Å². The van der Waals surface area contributed by atoms with Crippen molar-refractivity contribution in [2.75, 3.05) is 6.54 Å². The summed E-state index contributed by atoms with van der Waals surface area (Å²) in [5.41, 5.74) is -0.517. The van der Waals surface area contributed by atoms with Crippen molar-refractivity contribution in [3.8, 4) is 0 Å². The Hall–Kier alpha value is -1.06. The van der Waals surface area contributed by atoms with Crippen LogP contribution in [0.2, 0.25) is 0 Å². The molecule has 1 saturated heterocycles. The number of carbonyl (C=O) groups excluding carboxylic acids is 2. The first-order chi connectivity index (χ1) is 9.12. The van der Waals surface area contributed by atoms with E-state index < -0.39 is 5.54 Å². The van der Waals surface area contributed by atoms with Gasteiger partial charge in [0, 0.05) is 6.54 Å². The van der Waals surface area contributed by atoms with E-state index in [1.165, 1.54) is 32.1 Å². The van der Waals surface area contributed by atoms with Crippen LogP contribution in [0.1, 0.15) is 58.3 Å². The summed E-state index contributed by atoms with van der Waals surface area (Å²) in [6.07, 6.45) is 8.91. The highest BCUT2D eigenvalue weighted by Crippen LogP contribution is 2.41. The standard InChI is InChI=1S/C15H24N2O2/c1-11-5-4-8-15(9-11)13(18)16-14(19)17(15)10-12-6-2-3-7-12/h11-12H,2-10H2,1H3,(H,16,18,19). The van der Waals surface area contributed by atoms with E-state index in [1.54, 1.807) is 0 Å². The van der Waals surface area contributed by atoms with Gasteiger partial charge in [-0.05, 0) is 37.5 Å². The molecule has 2 aliphatic carbocycles. The normalized spacial score (nSPS) is 36.3. The summed E-state index contributed by atoms with van der Waals surface area (Å²) < 4.78 is 0. The molecule has 106 valence electrons. The average Bonchev–Trinajstić information content (AvgIpc) is 2.94. The van der Waals surface area contributed by atoms with E-state index >= 15 is 0 Å². The zero-order valence-corrected chi connectivity index (χ0v) is 11.8. The van der Waals surface area contributed by atoms with Gasteiger partial charge in [0.2, 0.25) is 0 Å². The molecule has 0 aromatic rings. The van der Waals surface area contributed by atoms with Crippen LogP contribution in [0, 0.1) is 11.8 Å². The van der Waals surface area contributed by atoms with Crippen LogP contribution in [-0.4, -0.2) is 28.9 Å². The van der Waals surface area contributed by atoms with Crippen molar-refractivity contribution < 1.29 is 9.59 Å². The zero-order chi connectivity index (χ0) is 13.5. The van der Waals surface area contributed by atoms with E-state index in [0.717, 1.165) is 25.8 Å². The van der Waals surface area contributed by atoms with Gasteiger partial charge in [0.1, 0.15) is 5.54 Å². The highest BCUT2D eigenvalue weighted by atomic mass is 16.2. The molecular weight excluding hydrogens is 240 g/mol. The maximum absolute atomic E-state index is 12.3. The molecule has 1 aliphatic heterocycles. The Morgan fingerprint density at radius 1 is 1.21 bits per heavy atom. The van der Waals surface area contributed by atoms with Gasteiger partial charge in [-0.3, -0.25) is 10.1 Å². The predicted octanol–water partition coefficient (Wildman–Crippen LogP) is 2.68. The summed E-state index contributed by atoms with van der Waals surface area (Å²) in [4.78, 5) is 26.4. The molecule has 1 spiro atoms. The SMILES string of the molecule is CC1CCCC2(C1)C(=O)NC(=O)N2CC1CCCC1. The van der Waals surface area contributed by atoms with Gasteiger partial charge < -0.3 is 4.90 Å². The number of carbonyl (C=O) groups is 2. The number of nitrogens with zero attached hydrogens (tertiary/aromatic N) is 1. The lowest BCUT2D eigenvalue weighted by molar-refractivity contribution is -0.129. The lowest BCUT2D eigenvalue weighted by atomic mass is 9.75. The Morgan fingerprint density at radius 3 is 2.63 bits per heavy atom. The molecule has 2 unspecified atom stereocenters. The predicted molar refractivity (Wildman–Crippen MR) is 72.6 cm³/mol. The second-order valence-electron chi connectivity index (χ2n) is 6.75. The molecule has 3 fully saturated rings. The number of hydrogen-bond acceptors (Lipinski definition) is 2. The molecule has 4 nitrogen and oxygen atoms in total. The molecule has 0 aromatic carbocycles. The fraction of sp³-hybridized carbons (Fsp3) is 0.867. The van der Waals surface area contributed by atoms with Crippen LogP contribution < -0.4 is 5.32 Å². The summed E-state index contributed by atoms with van der Waals surface area (Å²) in [6.45, 7) is 2.98. The third kappa shape index (κ3) is 2.15. The average molecular weight is 264 g/mol. The van der Waals surface area contributed by atoms with Gasteiger partial charge in [-0.25, -0.2) is 4.79 Å². The summed E-state index contributed by atoms with van der Waals surface area (Å²) in [6, 6.07) is -0.147. The Labute approximate surface area is 114 Å². The molecule has 1 N–H and O–H groups in total. The minimum Gasteiger partial charge on any atom is -0.309 e. The van der Waals surface area contributed by atoms with E-state index in [1.807, 2.05) is 4.90 Å². The van der Waals surface area contributed by atoms with Crippen LogP contribution in [0.3, 0.4) is 0 Å². The third-order valence-corrected chi connectivity index (χ3v) is 5.29. The fourth-order valence-corrected chi connectivity index (χ4v) is 4.28. The number of nitrogens with one attached hydrogen (secondary N) is 1. The molecule has 0 radical (unpaired) electrons. The second-order valence-corrected chi connectivity index (χ2v) is 6.75. The monoisotopic (exact) mass is 264 g/mol. The molecule has 0 bridgehead atoms. The summed E-state index contributed by atoms with van der Waals surface area (Å²) >= 11 is 0. The molecule has 3 aliphatic rings. The Balaban J connectivity index is 1.81. The first-order valence-electron chi connectivity index (χ1n) is 7.75. The van der Waals surface area contributed by atoms with Crippen molar-refractivity contribution in [1.82, 2.24) is 10.2 Å². The molecular formula is C15H24N2O2. The molecule has 19 heavy (non-hydrogen) atoms. The van der Waals surface area contributed by atoms with E-state index in [9.17, 15) is 9.59 Å². The molecule has 3 amide bonds. The van der Waals surface area contributed by atoms with Crippen molar-refractivity contribution in [3.05, 3.63) is 0 Å². The van der Waals surface area contributed by atoms with Crippen LogP contribution in [0.15, 0.2) is 0 Å². The van der Waals surface area contributed by atoms with Crippen LogP contribution in [0.5, 0.6) is 0 Å². The lowest BCUT2D eigenvalue weighted by Crippen LogP contribution is -2.53. The van der Waals surface area contributed by atoms with Crippen molar-refractivity contribution in [2.45, 2.75) is 63.8 Å². The molecule has 3 rings (SSSR count). The van der Waals surface area contributed by atoms with Gasteiger partial charge in [-0.15, -0.1) is 0 Å². The fourth-order valence-electron chi connectivity index (χ4n) is 4.28. The number of amides is 3. The van der Waals surface area contributed by atoms with E-state index in [0.29, 0.717) is 11.8 Å². The molecule has 2 atom stereocenters. The molecule has 4 heteroatoms. The van der Waals surface area contributed by atoms with E-state index in [-0.39, 0.29) is 11.9 Å². The van der Waals surface area contributed by atoms with Crippen LogP contribution in [0.4, 0.5) is 4.79 Å². The first kappa shape index (κ1) is 12.9. The second kappa shape index (κ2) is 4.80. The van der Waals surface area contributed by atoms with Gasteiger partial charge in [0.05, 0.1) is 0 Å². The minimum atomic E-state index is -0.517. The summed E-state index contributed by atoms with van der Waals surface area (Å²) in [5.74, 6) is 1.10. The summed E-state index contributed by atoms with van der Waals surface area (Å²) in [5, 5.41) is 2.57. The van der Waals surface area contributed by atoms with Crippen LogP contribution in [0.25, 0.3) is 0 Å². The Bertz CT molecular complexity index is 390. The molecule has 2 saturated carbocycles. The van der Waals surface area contributed by atoms with Gasteiger partial charge in [0.15, 0.2) is 0 Å². The maximum atomic E-state index is 12.3. The van der Waals surface area contributed by atoms with Crippen LogP contribution >= 0.6 is 0 Å². The van der Waals surface area contributed by atoms with Crippen molar-refractivity contribution >= 4 is 11.9 Å². The van der Waals surface area contributed by atoms with Crippen molar-refractivity contribution in [2.24, 2.45) is 11.8 Å². The Morgan fingerprint density at radius 2 is 1.95 bits per heavy atom.